The molecule has 2 aromatic rings. The Bertz CT molecular complexity index is 798. The van der Waals surface area contributed by atoms with Gasteiger partial charge in [-0.25, -0.2) is 4.98 Å². The first-order valence-electron chi connectivity index (χ1n) is 6.88. The Balaban J connectivity index is 1.87. The van der Waals surface area contributed by atoms with E-state index in [0.717, 1.165) is 17.5 Å². The molecule has 0 atom stereocenters. The van der Waals surface area contributed by atoms with Crippen molar-refractivity contribution in [1.82, 2.24) is 14.8 Å². The van der Waals surface area contributed by atoms with E-state index in [2.05, 4.69) is 15.4 Å². The largest absolute Gasteiger partial charge is 0.345 e. The Morgan fingerprint density at radius 2 is 2.04 bits per heavy atom. The number of carbonyl (C=O) groups excluding carboxylic acids is 1. The molecule has 0 aliphatic rings. The predicted molar refractivity (Wildman–Crippen MR) is 85.0 cm³/mol. The monoisotopic (exact) mass is 354 g/mol. The van der Waals surface area contributed by atoms with Crippen LogP contribution in [0.2, 0.25) is 0 Å². The number of nitro groups is 2. The third kappa shape index (κ3) is 3.90. The second-order valence-corrected chi connectivity index (χ2v) is 5.92. The Hall–Kier alpha value is -2.89. The quantitative estimate of drug-likeness (QED) is 0.592. The first-order chi connectivity index (χ1) is 11.3. The van der Waals surface area contributed by atoms with Crippen LogP contribution in [-0.4, -0.2) is 30.5 Å². The van der Waals surface area contributed by atoms with E-state index in [1.54, 1.807) is 13.8 Å². The topological polar surface area (TPSA) is 146 Å². The van der Waals surface area contributed by atoms with Gasteiger partial charge in [-0.05, 0) is 31.6 Å². The van der Waals surface area contributed by atoms with Crippen molar-refractivity contribution < 1.29 is 14.6 Å². The third-order valence-corrected chi connectivity index (χ3v) is 4.08. The predicted octanol–water partition coefficient (Wildman–Crippen LogP) is 2.19. The first-order valence-corrected chi connectivity index (χ1v) is 7.69. The molecule has 0 aliphatic carbocycles. The van der Waals surface area contributed by atoms with Gasteiger partial charge in [0, 0.05) is 13.0 Å². The second-order valence-electron chi connectivity index (χ2n) is 4.91. The van der Waals surface area contributed by atoms with Crippen LogP contribution in [0.4, 0.5) is 15.8 Å². The maximum Gasteiger partial charge on any atom is 0.345 e. The fourth-order valence-corrected chi connectivity index (χ4v) is 2.80. The number of amides is 1. The van der Waals surface area contributed by atoms with Gasteiger partial charge in [-0.3, -0.25) is 29.7 Å². The van der Waals surface area contributed by atoms with Gasteiger partial charge in [0.2, 0.25) is 5.91 Å². The lowest BCUT2D eigenvalue weighted by Gasteiger charge is -2.04. The van der Waals surface area contributed by atoms with Gasteiger partial charge in [0.1, 0.15) is 17.6 Å². The number of thiazole rings is 1. The van der Waals surface area contributed by atoms with E-state index < -0.39 is 9.85 Å². The van der Waals surface area contributed by atoms with Crippen LogP contribution in [0.25, 0.3) is 0 Å². The van der Waals surface area contributed by atoms with Gasteiger partial charge in [0.25, 0.3) is 0 Å². The molecule has 2 aromatic heterocycles. The summed E-state index contributed by atoms with van der Waals surface area (Å²) in [6.07, 6.45) is 1.63. The number of nitrogens with zero attached hydrogens (tertiary/aromatic N) is 5. The number of carbonyl (C=O) groups is 1. The molecule has 0 bridgehead atoms. The molecule has 0 aliphatic heterocycles. The molecule has 1 N–H and O–H groups in total. The molecular weight excluding hydrogens is 340 g/mol. The van der Waals surface area contributed by atoms with E-state index in [0.29, 0.717) is 24.4 Å². The molecule has 24 heavy (non-hydrogen) atoms. The van der Waals surface area contributed by atoms with Crippen molar-refractivity contribution in [3.05, 3.63) is 37.8 Å². The van der Waals surface area contributed by atoms with Gasteiger partial charge in [-0.1, -0.05) is 0 Å². The van der Waals surface area contributed by atoms with Gasteiger partial charge in [0.15, 0.2) is 5.13 Å². The van der Waals surface area contributed by atoms with Crippen LogP contribution in [0.5, 0.6) is 0 Å². The minimum Gasteiger partial charge on any atom is -0.302 e. The summed E-state index contributed by atoms with van der Waals surface area (Å²) < 4.78 is 1.50. The van der Waals surface area contributed by atoms with Crippen molar-refractivity contribution in [2.24, 2.45) is 0 Å². The summed E-state index contributed by atoms with van der Waals surface area (Å²) in [5.74, 6) is -0.338. The molecule has 2 rings (SSSR count). The normalized spacial score (nSPS) is 10.6. The number of aryl methyl sites for hydroxylation is 2. The van der Waals surface area contributed by atoms with Crippen LogP contribution in [0.1, 0.15) is 24.2 Å². The fourth-order valence-electron chi connectivity index (χ4n) is 2.15. The average Bonchev–Trinajstić information content (AvgIpc) is 3.04. The highest BCUT2D eigenvalue weighted by atomic mass is 32.1. The molecule has 11 nitrogen and oxygen atoms in total. The molecule has 0 fully saturated rings. The molecule has 0 aromatic carbocycles. The van der Waals surface area contributed by atoms with E-state index in [9.17, 15) is 25.0 Å². The number of hydrogen-bond acceptors (Lipinski definition) is 8. The molecule has 0 saturated carbocycles. The molecule has 0 saturated heterocycles. The molecule has 2 heterocycles. The average molecular weight is 354 g/mol. The summed E-state index contributed by atoms with van der Waals surface area (Å²) in [5, 5.41) is 28.0. The first kappa shape index (κ1) is 17.5. The van der Waals surface area contributed by atoms with E-state index in [1.807, 2.05) is 0 Å². The summed E-state index contributed by atoms with van der Waals surface area (Å²) in [6.45, 7) is 3.52. The van der Waals surface area contributed by atoms with Crippen LogP contribution in [0.3, 0.4) is 0 Å². The van der Waals surface area contributed by atoms with Gasteiger partial charge in [-0.2, -0.15) is 5.10 Å². The van der Waals surface area contributed by atoms with Crippen molar-refractivity contribution in [3.63, 3.8) is 0 Å². The highest BCUT2D eigenvalue weighted by Crippen LogP contribution is 2.25. The summed E-state index contributed by atoms with van der Waals surface area (Å²) in [5.41, 5.74) is 0.750. The van der Waals surface area contributed by atoms with Crippen LogP contribution in [0, 0.1) is 34.1 Å². The van der Waals surface area contributed by atoms with Crippen LogP contribution in [0.15, 0.2) is 6.20 Å². The maximum absolute atomic E-state index is 11.8. The van der Waals surface area contributed by atoms with Crippen LogP contribution >= 0.6 is 11.3 Å². The summed E-state index contributed by atoms with van der Waals surface area (Å²) in [7, 11) is 0. The molecule has 128 valence electrons. The van der Waals surface area contributed by atoms with Crippen LogP contribution in [-0.2, 0) is 11.3 Å². The van der Waals surface area contributed by atoms with E-state index in [-0.39, 0.29) is 28.1 Å². The van der Waals surface area contributed by atoms with Gasteiger partial charge in [-0.15, -0.1) is 0 Å². The zero-order chi connectivity index (χ0) is 17.9. The Morgan fingerprint density at radius 1 is 1.33 bits per heavy atom. The van der Waals surface area contributed by atoms with E-state index >= 15 is 0 Å². The van der Waals surface area contributed by atoms with Gasteiger partial charge >= 0.3 is 10.7 Å². The number of rotatable bonds is 7. The summed E-state index contributed by atoms with van der Waals surface area (Å²) in [6, 6.07) is 0. The highest BCUT2D eigenvalue weighted by molar-refractivity contribution is 7.18. The Labute approximate surface area is 139 Å². The molecule has 12 heteroatoms. The molecule has 1 amide bonds. The standard InChI is InChI=1S/C12H14N6O5S/c1-7-11(18(22)23)8(2)16(15-7)5-3-4-9(19)14-12-13-6-10(24-12)17(20)21/h6H,3-5H2,1-2H3,(H,13,14,19). The molecule has 0 spiro atoms. The maximum atomic E-state index is 11.8. The lowest BCUT2D eigenvalue weighted by molar-refractivity contribution is -0.386. The SMILES string of the molecule is Cc1nn(CCCC(=O)Nc2ncc([N+](=O)[O-])s2)c(C)c1[N+](=O)[O-]. The van der Waals surface area contributed by atoms with Crippen LogP contribution < -0.4 is 5.32 Å². The lowest BCUT2D eigenvalue weighted by atomic mass is 10.3. The van der Waals surface area contributed by atoms with Gasteiger partial charge < -0.3 is 5.32 Å². The summed E-state index contributed by atoms with van der Waals surface area (Å²) in [4.78, 5) is 36.0. The summed E-state index contributed by atoms with van der Waals surface area (Å²) >= 11 is 0.775. The lowest BCUT2D eigenvalue weighted by Crippen LogP contribution is -2.13. The van der Waals surface area contributed by atoms with Crippen molar-refractivity contribution in [2.75, 3.05) is 5.32 Å². The van der Waals surface area contributed by atoms with Crippen molar-refractivity contribution >= 4 is 33.1 Å². The molecule has 0 unspecified atom stereocenters. The third-order valence-electron chi connectivity index (χ3n) is 3.22. The molecule has 0 radical (unpaired) electrons. The van der Waals surface area contributed by atoms with Crippen molar-refractivity contribution in [3.8, 4) is 0 Å². The number of nitrogens with one attached hydrogen (secondary N) is 1. The van der Waals surface area contributed by atoms with Gasteiger partial charge in [0.05, 0.1) is 9.85 Å². The molecular formula is C12H14N6O5S. The van der Waals surface area contributed by atoms with Crippen molar-refractivity contribution in [1.29, 1.82) is 0 Å². The number of aromatic nitrogens is 3. The zero-order valence-corrected chi connectivity index (χ0v) is 13.7. The Kier molecular flexibility index (Phi) is 5.18. The second kappa shape index (κ2) is 7.12. The smallest absolute Gasteiger partial charge is 0.302 e. The highest BCUT2D eigenvalue weighted by Gasteiger charge is 2.21. The Morgan fingerprint density at radius 3 is 2.58 bits per heavy atom. The fraction of sp³-hybridized carbons (Fsp3) is 0.417. The van der Waals surface area contributed by atoms with Crippen molar-refractivity contribution in [2.45, 2.75) is 33.2 Å². The van der Waals surface area contributed by atoms with E-state index in [1.165, 1.54) is 4.68 Å². The zero-order valence-electron chi connectivity index (χ0n) is 12.9. The minimum absolute atomic E-state index is 0.0189. The number of hydrogen-bond donors (Lipinski definition) is 1. The van der Waals surface area contributed by atoms with E-state index in [4.69, 9.17) is 0 Å². The number of anilines is 1. The minimum atomic E-state index is -0.580.